The normalized spacial score (nSPS) is 11.2. The third-order valence-corrected chi connectivity index (χ3v) is 5.64. The lowest BCUT2D eigenvalue weighted by Gasteiger charge is -2.21. The fourth-order valence-electron chi connectivity index (χ4n) is 3.31. The molecule has 6 nitrogen and oxygen atoms in total. The van der Waals surface area contributed by atoms with Gasteiger partial charge in [0.15, 0.2) is 5.16 Å². The predicted molar refractivity (Wildman–Crippen MR) is 119 cm³/mol. The van der Waals surface area contributed by atoms with E-state index in [1.165, 1.54) is 11.8 Å². The molecule has 0 bridgehead atoms. The Bertz CT molecular complexity index is 1050. The Labute approximate surface area is 175 Å². The van der Waals surface area contributed by atoms with Crippen LogP contribution < -0.4 is 5.56 Å². The van der Waals surface area contributed by atoms with Crippen molar-refractivity contribution >= 4 is 28.7 Å². The molecule has 29 heavy (non-hydrogen) atoms. The maximum atomic E-state index is 13.2. The zero-order valence-corrected chi connectivity index (χ0v) is 18.3. The number of H-pyrrole nitrogens is 1. The number of nitrogens with zero attached hydrogens (tertiary/aromatic N) is 3. The van der Waals surface area contributed by atoms with Gasteiger partial charge in [0.25, 0.3) is 5.56 Å². The fourth-order valence-corrected chi connectivity index (χ4v) is 4.23. The van der Waals surface area contributed by atoms with Crippen LogP contribution in [0.3, 0.4) is 0 Å². The van der Waals surface area contributed by atoms with E-state index < -0.39 is 0 Å². The number of aromatic nitrogens is 3. The molecule has 1 aromatic carbocycles. The number of aryl methyl sites for hydroxylation is 2. The SMILES string of the molecule is CCCN(CCC)C(=O)CSc1nc2cc(C)[nH]c2c(=O)n1-c1ccc(C)cc1. The first-order valence-electron chi connectivity index (χ1n) is 10.0. The van der Waals surface area contributed by atoms with Crippen molar-refractivity contribution in [3.63, 3.8) is 0 Å². The number of rotatable bonds is 8. The molecule has 0 saturated carbocycles. The van der Waals surface area contributed by atoms with Gasteiger partial charge < -0.3 is 9.88 Å². The van der Waals surface area contributed by atoms with Crippen molar-refractivity contribution in [3.8, 4) is 5.69 Å². The molecule has 0 atom stereocenters. The highest BCUT2D eigenvalue weighted by atomic mass is 32.2. The van der Waals surface area contributed by atoms with Crippen molar-refractivity contribution in [1.82, 2.24) is 19.4 Å². The Morgan fingerprint density at radius 1 is 1.14 bits per heavy atom. The third kappa shape index (κ3) is 4.72. The molecule has 0 radical (unpaired) electrons. The van der Waals surface area contributed by atoms with E-state index in [1.54, 1.807) is 4.57 Å². The molecule has 0 aliphatic carbocycles. The first kappa shape index (κ1) is 21.2. The Balaban J connectivity index is 1.99. The van der Waals surface area contributed by atoms with Crippen molar-refractivity contribution in [2.75, 3.05) is 18.8 Å². The van der Waals surface area contributed by atoms with Crippen molar-refractivity contribution in [2.45, 2.75) is 45.7 Å². The van der Waals surface area contributed by atoms with E-state index in [0.29, 0.717) is 16.2 Å². The zero-order chi connectivity index (χ0) is 21.0. The van der Waals surface area contributed by atoms with Crippen LogP contribution >= 0.6 is 11.8 Å². The van der Waals surface area contributed by atoms with Gasteiger partial charge in [0.05, 0.1) is 17.0 Å². The molecule has 1 N–H and O–H groups in total. The molecule has 0 fully saturated rings. The average Bonchev–Trinajstić information content (AvgIpc) is 3.07. The van der Waals surface area contributed by atoms with E-state index in [1.807, 2.05) is 49.1 Å². The van der Waals surface area contributed by atoms with Crippen LogP contribution in [0, 0.1) is 13.8 Å². The van der Waals surface area contributed by atoms with E-state index in [2.05, 4.69) is 18.8 Å². The summed E-state index contributed by atoms with van der Waals surface area (Å²) in [5.41, 5.74) is 3.71. The standard InChI is InChI=1S/C22H28N4O2S/c1-5-11-25(12-6-2)19(27)14-29-22-24-18-13-16(4)23-20(18)21(28)26(22)17-9-7-15(3)8-10-17/h7-10,13,23H,5-6,11-12,14H2,1-4H3. The van der Waals surface area contributed by atoms with Crippen molar-refractivity contribution in [1.29, 1.82) is 0 Å². The van der Waals surface area contributed by atoms with E-state index in [4.69, 9.17) is 4.98 Å². The van der Waals surface area contributed by atoms with Gasteiger partial charge in [0.1, 0.15) is 5.52 Å². The van der Waals surface area contributed by atoms with Crippen LogP contribution in [0.25, 0.3) is 16.7 Å². The second kappa shape index (κ2) is 9.31. The van der Waals surface area contributed by atoms with Crippen LogP contribution in [0.5, 0.6) is 0 Å². The largest absolute Gasteiger partial charge is 0.353 e. The summed E-state index contributed by atoms with van der Waals surface area (Å²) >= 11 is 1.32. The Kier molecular flexibility index (Phi) is 6.79. The van der Waals surface area contributed by atoms with Gasteiger partial charge in [-0.25, -0.2) is 4.98 Å². The summed E-state index contributed by atoms with van der Waals surface area (Å²) in [4.78, 5) is 35.6. The second-order valence-electron chi connectivity index (χ2n) is 7.25. The molecule has 7 heteroatoms. The van der Waals surface area contributed by atoms with Gasteiger partial charge in [-0.2, -0.15) is 0 Å². The highest BCUT2D eigenvalue weighted by Crippen LogP contribution is 2.22. The maximum absolute atomic E-state index is 13.2. The van der Waals surface area contributed by atoms with Gasteiger partial charge in [-0.15, -0.1) is 0 Å². The number of fused-ring (bicyclic) bond motifs is 1. The zero-order valence-electron chi connectivity index (χ0n) is 17.5. The van der Waals surface area contributed by atoms with Crippen LogP contribution in [0.1, 0.15) is 37.9 Å². The molecule has 1 amide bonds. The molecule has 3 aromatic rings. The van der Waals surface area contributed by atoms with E-state index in [0.717, 1.165) is 42.9 Å². The molecule has 0 aliphatic rings. The van der Waals surface area contributed by atoms with Crippen LogP contribution in [0.15, 0.2) is 40.3 Å². The number of aromatic amines is 1. The van der Waals surface area contributed by atoms with Crippen LogP contribution in [-0.4, -0.2) is 44.2 Å². The molecule has 2 heterocycles. The molecule has 0 aliphatic heterocycles. The van der Waals surface area contributed by atoms with Crippen molar-refractivity contribution in [3.05, 3.63) is 51.9 Å². The number of carbonyl (C=O) groups excluding carboxylic acids is 1. The minimum absolute atomic E-state index is 0.0775. The van der Waals surface area contributed by atoms with Crippen LogP contribution in [0.2, 0.25) is 0 Å². The highest BCUT2D eigenvalue weighted by Gasteiger charge is 2.18. The molecule has 0 unspecified atom stereocenters. The lowest BCUT2D eigenvalue weighted by atomic mass is 10.2. The van der Waals surface area contributed by atoms with Crippen LogP contribution in [0.4, 0.5) is 0 Å². The van der Waals surface area contributed by atoms with E-state index in [9.17, 15) is 9.59 Å². The summed E-state index contributed by atoms with van der Waals surface area (Å²) < 4.78 is 1.60. The minimum Gasteiger partial charge on any atom is -0.353 e. The minimum atomic E-state index is -0.152. The molecule has 0 spiro atoms. The van der Waals surface area contributed by atoms with E-state index >= 15 is 0 Å². The van der Waals surface area contributed by atoms with Crippen LogP contribution in [-0.2, 0) is 4.79 Å². The topological polar surface area (TPSA) is 71.0 Å². The molecular formula is C22H28N4O2S. The summed E-state index contributed by atoms with van der Waals surface area (Å²) in [7, 11) is 0. The van der Waals surface area contributed by atoms with Crippen molar-refractivity contribution in [2.24, 2.45) is 0 Å². The van der Waals surface area contributed by atoms with Gasteiger partial charge >= 0.3 is 0 Å². The lowest BCUT2D eigenvalue weighted by molar-refractivity contribution is -0.128. The van der Waals surface area contributed by atoms with Gasteiger partial charge in [-0.3, -0.25) is 14.2 Å². The Hall–Kier alpha value is -2.54. The van der Waals surface area contributed by atoms with Gasteiger partial charge in [-0.05, 0) is 44.9 Å². The molecule has 2 aromatic heterocycles. The number of thioether (sulfide) groups is 1. The number of benzene rings is 1. The summed E-state index contributed by atoms with van der Waals surface area (Å²) in [5, 5.41) is 0.534. The smallest absolute Gasteiger partial charge is 0.283 e. The quantitative estimate of drug-likeness (QED) is 0.447. The number of nitrogens with one attached hydrogen (secondary N) is 1. The Morgan fingerprint density at radius 2 is 1.79 bits per heavy atom. The number of carbonyl (C=O) groups is 1. The first-order chi connectivity index (χ1) is 13.9. The van der Waals surface area contributed by atoms with Gasteiger partial charge in [-0.1, -0.05) is 43.3 Å². The summed E-state index contributed by atoms with van der Waals surface area (Å²) in [5.74, 6) is 0.335. The second-order valence-corrected chi connectivity index (χ2v) is 8.20. The third-order valence-electron chi connectivity index (χ3n) is 4.71. The molecule has 154 valence electrons. The van der Waals surface area contributed by atoms with E-state index in [-0.39, 0.29) is 17.2 Å². The molecule has 0 saturated heterocycles. The highest BCUT2D eigenvalue weighted by molar-refractivity contribution is 7.99. The maximum Gasteiger partial charge on any atom is 0.283 e. The lowest BCUT2D eigenvalue weighted by Crippen LogP contribution is -2.34. The summed E-state index contributed by atoms with van der Waals surface area (Å²) in [6.07, 6.45) is 1.86. The van der Waals surface area contributed by atoms with Gasteiger partial charge in [0, 0.05) is 18.8 Å². The fraction of sp³-hybridized carbons (Fsp3) is 0.409. The number of amides is 1. The Morgan fingerprint density at radius 3 is 2.41 bits per heavy atom. The predicted octanol–water partition coefficient (Wildman–Crippen LogP) is 4.07. The first-order valence-corrected chi connectivity index (χ1v) is 11.0. The molecular weight excluding hydrogens is 384 g/mol. The number of hydrogen-bond donors (Lipinski definition) is 1. The number of hydrogen-bond acceptors (Lipinski definition) is 4. The summed E-state index contributed by atoms with van der Waals surface area (Å²) in [6, 6.07) is 9.62. The average molecular weight is 413 g/mol. The summed E-state index contributed by atoms with van der Waals surface area (Å²) in [6.45, 7) is 9.56. The monoisotopic (exact) mass is 412 g/mol. The molecule has 3 rings (SSSR count). The van der Waals surface area contributed by atoms with Gasteiger partial charge in [0.2, 0.25) is 5.91 Å². The van der Waals surface area contributed by atoms with Crippen molar-refractivity contribution < 1.29 is 4.79 Å².